The van der Waals surface area contributed by atoms with Crippen LogP contribution in [0.2, 0.25) is 0 Å². The van der Waals surface area contributed by atoms with Crippen LogP contribution in [0.3, 0.4) is 0 Å². The average molecular weight is 367 g/mol. The van der Waals surface area contributed by atoms with Gasteiger partial charge in [0.15, 0.2) is 5.76 Å². The zero-order valence-corrected chi connectivity index (χ0v) is 15.8. The van der Waals surface area contributed by atoms with Crippen molar-refractivity contribution in [2.45, 2.75) is 38.6 Å². The second-order valence-corrected chi connectivity index (χ2v) is 7.40. The van der Waals surface area contributed by atoms with Crippen LogP contribution in [0.25, 0.3) is 0 Å². The molecule has 0 unspecified atom stereocenters. The van der Waals surface area contributed by atoms with E-state index in [2.05, 4.69) is 17.4 Å². The zero-order valence-electron chi connectivity index (χ0n) is 15.8. The van der Waals surface area contributed by atoms with Gasteiger partial charge >= 0.3 is 0 Å². The number of carbonyl (C=O) groups is 2. The third-order valence-corrected chi connectivity index (χ3v) is 5.56. The summed E-state index contributed by atoms with van der Waals surface area (Å²) in [5.41, 5.74) is 2.81. The smallest absolute Gasteiger partial charge is 0.294 e. The van der Waals surface area contributed by atoms with E-state index in [9.17, 15) is 9.59 Å². The molecule has 0 bridgehead atoms. The van der Waals surface area contributed by atoms with E-state index >= 15 is 0 Å². The number of furan rings is 1. The van der Waals surface area contributed by atoms with Crippen molar-refractivity contribution in [3.05, 3.63) is 47.9 Å². The quantitative estimate of drug-likeness (QED) is 0.886. The van der Waals surface area contributed by atoms with Gasteiger partial charge in [0.05, 0.1) is 23.7 Å². The molecule has 4 rings (SSSR count). The Morgan fingerprint density at radius 1 is 1.15 bits per heavy atom. The molecule has 3 heterocycles. The van der Waals surface area contributed by atoms with Crippen molar-refractivity contribution in [2.24, 2.45) is 0 Å². The van der Waals surface area contributed by atoms with E-state index in [0.717, 1.165) is 37.3 Å². The molecule has 2 amide bonds. The van der Waals surface area contributed by atoms with E-state index in [4.69, 9.17) is 4.42 Å². The molecule has 0 radical (unpaired) electrons. The van der Waals surface area contributed by atoms with Crippen molar-refractivity contribution in [1.82, 2.24) is 5.32 Å². The van der Waals surface area contributed by atoms with E-state index in [0.29, 0.717) is 18.2 Å². The Labute approximate surface area is 159 Å². The van der Waals surface area contributed by atoms with Gasteiger partial charge in [-0.1, -0.05) is 6.07 Å². The molecule has 1 atom stereocenters. The first kappa shape index (κ1) is 17.8. The van der Waals surface area contributed by atoms with Gasteiger partial charge < -0.3 is 19.5 Å². The van der Waals surface area contributed by atoms with Crippen LogP contribution in [-0.4, -0.2) is 37.5 Å². The zero-order chi connectivity index (χ0) is 19.0. The van der Waals surface area contributed by atoms with Gasteiger partial charge in [-0.25, -0.2) is 0 Å². The Morgan fingerprint density at radius 3 is 2.59 bits per heavy atom. The average Bonchev–Trinajstić information content (AvgIpc) is 3.21. The Kier molecular flexibility index (Phi) is 4.74. The summed E-state index contributed by atoms with van der Waals surface area (Å²) in [5.74, 6) is 0.612. The number of nitrogens with zero attached hydrogens (tertiary/aromatic N) is 2. The monoisotopic (exact) mass is 367 g/mol. The molecule has 2 aliphatic rings. The maximum Gasteiger partial charge on any atom is 0.294 e. The fraction of sp³-hybridized carbons (Fsp3) is 0.429. The lowest BCUT2D eigenvalue weighted by molar-refractivity contribution is -0.117. The number of benzene rings is 1. The van der Waals surface area contributed by atoms with Gasteiger partial charge in [-0.15, -0.1) is 0 Å². The topological polar surface area (TPSA) is 65.8 Å². The molecule has 2 aliphatic heterocycles. The summed E-state index contributed by atoms with van der Waals surface area (Å²) in [4.78, 5) is 28.8. The summed E-state index contributed by atoms with van der Waals surface area (Å²) in [7, 11) is 0. The van der Waals surface area contributed by atoms with Crippen LogP contribution in [0, 0.1) is 0 Å². The summed E-state index contributed by atoms with van der Waals surface area (Å²) in [6, 6.07) is 9.49. The number of hydrogen-bond donors (Lipinski definition) is 1. The molecule has 1 saturated heterocycles. The first-order chi connectivity index (χ1) is 13.1. The third kappa shape index (κ3) is 3.25. The van der Waals surface area contributed by atoms with Crippen LogP contribution in [-0.2, 0) is 4.79 Å². The molecular formula is C21H25N3O3. The molecule has 1 fully saturated rings. The lowest BCUT2D eigenvalue weighted by atomic mass is 9.89. The SMILES string of the molecule is CC(=O)N1c2ccc(C3CCNCC3)cc2N(C(=O)c2ccco2)C[C@@H]1C. The van der Waals surface area contributed by atoms with Crippen molar-refractivity contribution in [3.63, 3.8) is 0 Å². The number of hydrogen-bond acceptors (Lipinski definition) is 4. The molecule has 2 aromatic rings. The standard InChI is InChI=1S/C21H25N3O3/c1-14-13-23(21(26)20-4-3-11-27-20)19-12-17(16-7-9-22-10-8-16)5-6-18(19)24(14)15(2)25/h3-6,11-12,14,16,22H,7-10,13H2,1-2H3/t14-/m0/s1. The highest BCUT2D eigenvalue weighted by Gasteiger charge is 2.35. The second kappa shape index (κ2) is 7.19. The van der Waals surface area contributed by atoms with E-state index in [-0.39, 0.29) is 17.9 Å². The minimum atomic E-state index is -0.168. The maximum absolute atomic E-state index is 13.1. The second-order valence-electron chi connectivity index (χ2n) is 7.40. The predicted octanol–water partition coefficient (Wildman–Crippen LogP) is 3.15. The lowest BCUT2D eigenvalue weighted by Crippen LogP contribution is -2.51. The van der Waals surface area contributed by atoms with Gasteiger partial charge in [-0.05, 0) is 68.6 Å². The molecule has 6 nitrogen and oxygen atoms in total. The molecule has 6 heteroatoms. The summed E-state index contributed by atoms with van der Waals surface area (Å²) >= 11 is 0. The van der Waals surface area contributed by atoms with Crippen molar-refractivity contribution >= 4 is 23.2 Å². The van der Waals surface area contributed by atoms with Crippen LogP contribution in [0.15, 0.2) is 41.0 Å². The molecule has 142 valence electrons. The van der Waals surface area contributed by atoms with Gasteiger partial charge in [-0.3, -0.25) is 9.59 Å². The van der Waals surface area contributed by atoms with Gasteiger partial charge in [0.25, 0.3) is 5.91 Å². The Bertz CT molecular complexity index is 840. The van der Waals surface area contributed by atoms with Crippen molar-refractivity contribution in [3.8, 4) is 0 Å². The van der Waals surface area contributed by atoms with E-state index in [1.54, 1.807) is 28.9 Å². The summed E-state index contributed by atoms with van der Waals surface area (Å²) < 4.78 is 5.34. The summed E-state index contributed by atoms with van der Waals surface area (Å²) in [6.45, 7) is 6.00. The van der Waals surface area contributed by atoms with Crippen LogP contribution >= 0.6 is 0 Å². The van der Waals surface area contributed by atoms with Gasteiger partial charge in [0.2, 0.25) is 5.91 Å². The summed E-state index contributed by atoms with van der Waals surface area (Å²) in [6.07, 6.45) is 3.67. The highest BCUT2D eigenvalue weighted by atomic mass is 16.3. The number of piperidine rings is 1. The fourth-order valence-electron chi connectivity index (χ4n) is 4.26. The first-order valence-corrected chi connectivity index (χ1v) is 9.56. The van der Waals surface area contributed by atoms with Gasteiger partial charge in [0.1, 0.15) is 0 Å². The van der Waals surface area contributed by atoms with Crippen LogP contribution < -0.4 is 15.1 Å². The van der Waals surface area contributed by atoms with Crippen molar-refractivity contribution < 1.29 is 14.0 Å². The molecule has 1 N–H and O–H groups in total. The minimum Gasteiger partial charge on any atom is -0.459 e. The molecule has 0 saturated carbocycles. The largest absolute Gasteiger partial charge is 0.459 e. The summed E-state index contributed by atoms with van der Waals surface area (Å²) in [5, 5.41) is 3.39. The number of amides is 2. The number of nitrogens with one attached hydrogen (secondary N) is 1. The van der Waals surface area contributed by atoms with Crippen molar-refractivity contribution in [2.75, 3.05) is 29.4 Å². The lowest BCUT2D eigenvalue weighted by Gasteiger charge is -2.41. The molecule has 1 aromatic heterocycles. The highest BCUT2D eigenvalue weighted by molar-refractivity contribution is 6.09. The Balaban J connectivity index is 1.77. The first-order valence-electron chi connectivity index (χ1n) is 9.56. The van der Waals surface area contributed by atoms with Gasteiger partial charge in [0, 0.05) is 13.5 Å². The molecular weight excluding hydrogens is 342 g/mol. The number of rotatable bonds is 2. The predicted molar refractivity (Wildman–Crippen MR) is 104 cm³/mol. The van der Waals surface area contributed by atoms with Crippen molar-refractivity contribution in [1.29, 1.82) is 0 Å². The highest BCUT2D eigenvalue weighted by Crippen LogP contribution is 2.39. The van der Waals surface area contributed by atoms with E-state index < -0.39 is 0 Å². The Morgan fingerprint density at radius 2 is 1.93 bits per heavy atom. The molecule has 27 heavy (non-hydrogen) atoms. The Hall–Kier alpha value is -2.60. The minimum absolute atomic E-state index is 0.0107. The van der Waals surface area contributed by atoms with E-state index in [1.807, 2.05) is 13.0 Å². The maximum atomic E-state index is 13.1. The van der Waals surface area contributed by atoms with E-state index in [1.165, 1.54) is 11.8 Å². The van der Waals surface area contributed by atoms with Crippen LogP contribution in [0.1, 0.15) is 48.7 Å². The van der Waals surface area contributed by atoms with Gasteiger partial charge in [-0.2, -0.15) is 0 Å². The normalized spacial score (nSPS) is 20.4. The molecule has 1 aromatic carbocycles. The van der Waals surface area contributed by atoms with Crippen LogP contribution in [0.4, 0.5) is 11.4 Å². The number of anilines is 2. The molecule has 0 aliphatic carbocycles. The third-order valence-electron chi connectivity index (χ3n) is 5.56. The molecule has 0 spiro atoms. The van der Waals surface area contributed by atoms with Crippen LogP contribution in [0.5, 0.6) is 0 Å². The number of carbonyl (C=O) groups excluding carboxylic acids is 2. The number of fused-ring (bicyclic) bond motifs is 1. The fourth-order valence-corrected chi connectivity index (χ4v) is 4.26.